The number of benzene rings is 1. The van der Waals surface area contributed by atoms with Gasteiger partial charge in [-0.15, -0.1) is 0 Å². The van der Waals surface area contributed by atoms with Gasteiger partial charge in [-0.25, -0.2) is 17.9 Å². The zero-order valence-electron chi connectivity index (χ0n) is 12.6. The lowest BCUT2D eigenvalue weighted by Crippen LogP contribution is -2.25. The summed E-state index contributed by atoms with van der Waals surface area (Å²) in [5.41, 5.74) is 0.311. The van der Waals surface area contributed by atoms with Crippen molar-refractivity contribution in [2.75, 3.05) is 18.5 Å². The van der Waals surface area contributed by atoms with Gasteiger partial charge in [0.15, 0.2) is 0 Å². The standard InChI is InChI=1S/C14H20N2O5S/c1-3-5-10-15-22(19,20)12-8-6-11(7-9-12)16-13(17)14(18)21-4-2/h6-9,15H,3-5,10H2,1-2H3,(H,16,17). The summed E-state index contributed by atoms with van der Waals surface area (Å²) in [4.78, 5) is 22.7. The fourth-order valence-electron chi connectivity index (χ4n) is 1.56. The highest BCUT2D eigenvalue weighted by Gasteiger charge is 2.16. The van der Waals surface area contributed by atoms with E-state index in [4.69, 9.17) is 0 Å². The second-order valence-corrected chi connectivity index (χ2v) is 6.22. The minimum atomic E-state index is -3.56. The molecule has 22 heavy (non-hydrogen) atoms. The lowest BCUT2D eigenvalue weighted by atomic mass is 10.3. The van der Waals surface area contributed by atoms with E-state index in [2.05, 4.69) is 14.8 Å². The van der Waals surface area contributed by atoms with Gasteiger partial charge in [0.1, 0.15) is 0 Å². The van der Waals surface area contributed by atoms with Crippen molar-refractivity contribution >= 4 is 27.6 Å². The van der Waals surface area contributed by atoms with Gasteiger partial charge in [-0.3, -0.25) is 4.79 Å². The first-order valence-electron chi connectivity index (χ1n) is 6.98. The number of anilines is 1. The molecule has 0 aromatic heterocycles. The molecule has 1 aromatic carbocycles. The molecule has 0 aliphatic carbocycles. The van der Waals surface area contributed by atoms with Crippen LogP contribution in [0.15, 0.2) is 29.2 Å². The average molecular weight is 328 g/mol. The summed E-state index contributed by atoms with van der Waals surface area (Å²) in [6.45, 7) is 4.04. The van der Waals surface area contributed by atoms with Gasteiger partial charge in [0.05, 0.1) is 11.5 Å². The number of unbranched alkanes of at least 4 members (excludes halogenated alkanes) is 1. The van der Waals surface area contributed by atoms with Crippen LogP contribution in [0.5, 0.6) is 0 Å². The molecule has 8 heteroatoms. The first-order valence-corrected chi connectivity index (χ1v) is 8.46. The molecule has 0 unspecified atom stereocenters. The summed E-state index contributed by atoms with van der Waals surface area (Å²) in [6, 6.07) is 5.53. The van der Waals surface area contributed by atoms with Crippen LogP contribution in [0.1, 0.15) is 26.7 Å². The summed E-state index contributed by atoms with van der Waals surface area (Å²) in [5.74, 6) is -1.89. The van der Waals surface area contributed by atoms with Crippen molar-refractivity contribution in [2.45, 2.75) is 31.6 Å². The molecule has 0 aliphatic rings. The summed E-state index contributed by atoms with van der Waals surface area (Å²) >= 11 is 0. The van der Waals surface area contributed by atoms with Gasteiger partial charge >= 0.3 is 11.9 Å². The first-order chi connectivity index (χ1) is 10.4. The summed E-state index contributed by atoms with van der Waals surface area (Å²) < 4.78 is 31.0. The number of esters is 1. The summed E-state index contributed by atoms with van der Waals surface area (Å²) in [6.07, 6.45) is 1.65. The van der Waals surface area contributed by atoms with Crippen molar-refractivity contribution in [1.82, 2.24) is 4.72 Å². The van der Waals surface area contributed by atoms with Gasteiger partial charge in [0, 0.05) is 12.2 Å². The minimum absolute atomic E-state index is 0.0951. The van der Waals surface area contributed by atoms with Gasteiger partial charge in [-0.05, 0) is 37.6 Å². The van der Waals surface area contributed by atoms with Gasteiger partial charge in [-0.2, -0.15) is 0 Å². The molecule has 122 valence electrons. The molecule has 1 rings (SSSR count). The van der Waals surface area contributed by atoms with Crippen LogP contribution >= 0.6 is 0 Å². The molecule has 0 bridgehead atoms. The zero-order chi connectivity index (χ0) is 16.6. The van der Waals surface area contributed by atoms with E-state index in [-0.39, 0.29) is 11.5 Å². The van der Waals surface area contributed by atoms with E-state index in [9.17, 15) is 18.0 Å². The molecule has 0 heterocycles. The topological polar surface area (TPSA) is 102 Å². The first kappa shape index (κ1) is 18.1. The van der Waals surface area contributed by atoms with Gasteiger partial charge in [0.25, 0.3) is 0 Å². The largest absolute Gasteiger partial charge is 0.459 e. The predicted octanol–water partition coefficient (Wildman–Crippen LogP) is 1.27. The zero-order valence-corrected chi connectivity index (χ0v) is 13.4. The Balaban J connectivity index is 2.70. The molecule has 0 saturated carbocycles. The maximum absolute atomic E-state index is 12.0. The molecule has 1 aromatic rings. The van der Waals surface area contributed by atoms with E-state index in [1.165, 1.54) is 24.3 Å². The van der Waals surface area contributed by atoms with Gasteiger partial charge < -0.3 is 10.1 Å². The van der Waals surface area contributed by atoms with Gasteiger partial charge in [0.2, 0.25) is 10.0 Å². The van der Waals surface area contributed by atoms with Crippen LogP contribution in [-0.2, 0) is 24.3 Å². The normalized spacial score (nSPS) is 11.0. The lowest BCUT2D eigenvalue weighted by molar-refractivity contribution is -0.152. The molecule has 0 atom stereocenters. The van der Waals surface area contributed by atoms with Crippen molar-refractivity contribution in [3.8, 4) is 0 Å². The Morgan fingerprint density at radius 1 is 1.14 bits per heavy atom. The van der Waals surface area contributed by atoms with Crippen LogP contribution in [0.2, 0.25) is 0 Å². The average Bonchev–Trinajstić information content (AvgIpc) is 2.48. The SMILES string of the molecule is CCCCNS(=O)(=O)c1ccc(NC(=O)C(=O)OCC)cc1. The van der Waals surface area contributed by atoms with E-state index in [1.54, 1.807) is 6.92 Å². The van der Waals surface area contributed by atoms with Crippen molar-refractivity contribution in [3.05, 3.63) is 24.3 Å². The van der Waals surface area contributed by atoms with E-state index in [0.29, 0.717) is 12.2 Å². The van der Waals surface area contributed by atoms with Crippen LogP contribution in [0, 0.1) is 0 Å². The molecule has 0 radical (unpaired) electrons. The fraction of sp³-hybridized carbons (Fsp3) is 0.429. The number of hydrogen-bond acceptors (Lipinski definition) is 5. The second-order valence-electron chi connectivity index (χ2n) is 4.45. The third kappa shape index (κ3) is 5.45. The molecule has 1 amide bonds. The summed E-state index contributed by atoms with van der Waals surface area (Å²) in [7, 11) is -3.56. The Hall–Kier alpha value is -1.93. The van der Waals surface area contributed by atoms with Crippen LogP contribution in [0.3, 0.4) is 0 Å². The minimum Gasteiger partial charge on any atom is -0.459 e. The highest BCUT2D eigenvalue weighted by atomic mass is 32.2. The Morgan fingerprint density at radius 2 is 1.77 bits per heavy atom. The van der Waals surface area contributed by atoms with E-state index < -0.39 is 21.9 Å². The number of carbonyl (C=O) groups excluding carboxylic acids is 2. The van der Waals surface area contributed by atoms with E-state index in [1.807, 2.05) is 6.92 Å². The number of carbonyl (C=O) groups is 2. The Kier molecular flexibility index (Phi) is 7.00. The molecule has 2 N–H and O–H groups in total. The van der Waals surface area contributed by atoms with Crippen LogP contribution in [0.25, 0.3) is 0 Å². The van der Waals surface area contributed by atoms with E-state index >= 15 is 0 Å². The molecule has 7 nitrogen and oxygen atoms in total. The number of nitrogens with one attached hydrogen (secondary N) is 2. The van der Waals surface area contributed by atoms with Crippen LogP contribution in [0.4, 0.5) is 5.69 Å². The third-order valence-electron chi connectivity index (χ3n) is 2.71. The maximum atomic E-state index is 12.0. The molecular weight excluding hydrogens is 308 g/mol. The van der Waals surface area contributed by atoms with Crippen LogP contribution < -0.4 is 10.0 Å². The molecule has 0 saturated heterocycles. The Bertz CT molecular complexity index is 611. The lowest BCUT2D eigenvalue weighted by Gasteiger charge is -2.08. The Morgan fingerprint density at radius 3 is 2.32 bits per heavy atom. The fourth-order valence-corrected chi connectivity index (χ4v) is 2.64. The molecular formula is C14H20N2O5S. The number of rotatable bonds is 7. The second kappa shape index (κ2) is 8.50. The number of ether oxygens (including phenoxy) is 1. The molecule has 0 spiro atoms. The Labute approximate surface area is 130 Å². The highest BCUT2D eigenvalue weighted by molar-refractivity contribution is 7.89. The molecule has 0 fully saturated rings. The third-order valence-corrected chi connectivity index (χ3v) is 4.18. The van der Waals surface area contributed by atoms with Crippen molar-refractivity contribution < 1.29 is 22.7 Å². The van der Waals surface area contributed by atoms with Gasteiger partial charge in [-0.1, -0.05) is 13.3 Å². The maximum Gasteiger partial charge on any atom is 0.397 e. The number of sulfonamides is 1. The number of amides is 1. The molecule has 0 aliphatic heterocycles. The highest BCUT2D eigenvalue weighted by Crippen LogP contribution is 2.14. The van der Waals surface area contributed by atoms with Crippen molar-refractivity contribution in [1.29, 1.82) is 0 Å². The van der Waals surface area contributed by atoms with Crippen molar-refractivity contribution in [2.24, 2.45) is 0 Å². The summed E-state index contributed by atoms with van der Waals surface area (Å²) in [5, 5.41) is 2.33. The van der Waals surface area contributed by atoms with E-state index in [0.717, 1.165) is 12.8 Å². The monoisotopic (exact) mass is 328 g/mol. The van der Waals surface area contributed by atoms with Crippen LogP contribution in [-0.4, -0.2) is 33.4 Å². The van der Waals surface area contributed by atoms with Crippen molar-refractivity contribution in [3.63, 3.8) is 0 Å². The quantitative estimate of drug-likeness (QED) is 0.446. The smallest absolute Gasteiger partial charge is 0.397 e. The number of hydrogen-bond donors (Lipinski definition) is 2. The predicted molar refractivity (Wildman–Crippen MR) is 81.8 cm³/mol.